The molecule has 4 unspecified atom stereocenters. The summed E-state index contributed by atoms with van der Waals surface area (Å²) >= 11 is 0. The summed E-state index contributed by atoms with van der Waals surface area (Å²) in [5.74, 6) is 0.166. The van der Waals surface area contributed by atoms with Gasteiger partial charge >= 0.3 is 0 Å². The summed E-state index contributed by atoms with van der Waals surface area (Å²) in [4.78, 5) is 0. The maximum atomic E-state index is 4.18. The highest BCUT2D eigenvalue weighted by Gasteiger charge is 2.57. The molecule has 65 heavy (non-hydrogen) atoms. The second-order valence-corrected chi connectivity index (χ2v) is 19.0. The van der Waals surface area contributed by atoms with Crippen molar-refractivity contribution in [3.8, 4) is 39.1 Å². The van der Waals surface area contributed by atoms with E-state index in [9.17, 15) is 0 Å². The monoisotopic (exact) mass is 835 g/mol. The first-order valence-corrected chi connectivity index (χ1v) is 23.1. The minimum atomic E-state index is -0.458. The fourth-order valence-electron chi connectivity index (χ4n) is 12.4. The summed E-state index contributed by atoms with van der Waals surface area (Å²) in [6.45, 7) is 7.36. The molecule has 312 valence electrons. The molecule has 1 N–H and O–H groups in total. The van der Waals surface area contributed by atoms with Crippen molar-refractivity contribution in [2.75, 3.05) is 5.32 Å². The van der Waals surface area contributed by atoms with Gasteiger partial charge in [-0.15, -0.1) is 0 Å². The Kier molecular flexibility index (Phi) is 8.13. The molecule has 7 aromatic carbocycles. The standard InChI is InChI=1S/C62H49N3/c1-41-53(60(2)34-12-5-13-35-60)30-33-59-62(41)37-15-14-36-61(62,3)65-57-21-11-9-18-48(57)50-29-24-46(40-58(50)65)51-38-44(25-31-54(51)63-59)45-26-32-56-52(39-45)49-19-8-10-20-55(49)64(56)47-27-22-43(23-28-47)42-16-6-4-7-17-42/h4-34,36-41,63H,35H2,1-3H3. The molecule has 2 aromatic heterocycles. The molecule has 1 aliphatic heterocycles. The van der Waals surface area contributed by atoms with Crippen molar-refractivity contribution in [1.82, 2.24) is 9.13 Å². The molecule has 3 aliphatic carbocycles. The molecule has 4 aliphatic rings. The third-order valence-electron chi connectivity index (χ3n) is 15.6. The highest BCUT2D eigenvalue weighted by molar-refractivity contribution is 6.11. The van der Waals surface area contributed by atoms with E-state index in [4.69, 9.17) is 0 Å². The average molecular weight is 836 g/mol. The van der Waals surface area contributed by atoms with Gasteiger partial charge in [0.2, 0.25) is 0 Å². The molecule has 0 saturated carbocycles. The van der Waals surface area contributed by atoms with E-state index in [1.54, 1.807) is 0 Å². The van der Waals surface area contributed by atoms with Crippen LogP contribution in [0.1, 0.15) is 27.2 Å². The molecule has 0 saturated heterocycles. The van der Waals surface area contributed by atoms with Gasteiger partial charge in [0.1, 0.15) is 0 Å². The predicted octanol–water partition coefficient (Wildman–Crippen LogP) is 16.1. The van der Waals surface area contributed by atoms with Crippen LogP contribution < -0.4 is 5.32 Å². The van der Waals surface area contributed by atoms with E-state index in [1.807, 2.05) is 0 Å². The molecule has 0 radical (unpaired) electrons. The number of rotatable bonds is 4. The Labute approximate surface area is 380 Å². The molecule has 13 rings (SSSR count). The van der Waals surface area contributed by atoms with Crippen molar-refractivity contribution < 1.29 is 0 Å². The highest BCUT2D eigenvalue weighted by Crippen LogP contribution is 2.62. The SMILES string of the molecule is CC1C(C2(C)C=CC=CC2)=CC=C2Nc3ccc(-c4ccc5c(c4)c4ccccc4n5-c4ccc(-c5ccccc5)cc4)cc3-c3ccc4c5ccccc5n(c4c3)C3(C)C=CC=CC213. The first-order valence-electron chi connectivity index (χ1n) is 23.1. The molecular weight excluding hydrogens is 787 g/mol. The van der Waals surface area contributed by atoms with Gasteiger partial charge in [0.25, 0.3) is 0 Å². The second-order valence-electron chi connectivity index (χ2n) is 19.0. The van der Waals surface area contributed by atoms with Crippen molar-refractivity contribution in [2.45, 2.75) is 32.7 Å². The second kappa shape index (κ2) is 13.9. The van der Waals surface area contributed by atoms with E-state index in [1.165, 1.54) is 88.3 Å². The first-order chi connectivity index (χ1) is 31.8. The fourth-order valence-corrected chi connectivity index (χ4v) is 12.4. The molecular formula is C62H49N3. The Balaban J connectivity index is 1.00. The van der Waals surface area contributed by atoms with Gasteiger partial charge in [-0.3, -0.25) is 0 Å². The van der Waals surface area contributed by atoms with Crippen LogP contribution in [0.2, 0.25) is 0 Å². The molecule has 3 nitrogen and oxygen atoms in total. The number of hydrogen-bond donors (Lipinski definition) is 1. The zero-order valence-electron chi connectivity index (χ0n) is 37.0. The van der Waals surface area contributed by atoms with Crippen LogP contribution in [0.3, 0.4) is 0 Å². The van der Waals surface area contributed by atoms with Crippen LogP contribution in [0.25, 0.3) is 82.7 Å². The van der Waals surface area contributed by atoms with Crippen molar-refractivity contribution in [1.29, 1.82) is 0 Å². The summed E-state index contributed by atoms with van der Waals surface area (Å²) in [7, 11) is 0. The number of hydrogen-bond acceptors (Lipinski definition) is 1. The largest absolute Gasteiger partial charge is 0.358 e. The van der Waals surface area contributed by atoms with E-state index in [0.717, 1.165) is 17.8 Å². The van der Waals surface area contributed by atoms with Crippen molar-refractivity contribution in [3.63, 3.8) is 0 Å². The summed E-state index contributed by atoms with van der Waals surface area (Å²) in [6.07, 6.45) is 24.5. The van der Waals surface area contributed by atoms with Crippen LogP contribution in [-0.2, 0) is 5.54 Å². The average Bonchev–Trinajstić information content (AvgIpc) is 3.87. The number of nitrogens with one attached hydrogen (secondary N) is 1. The van der Waals surface area contributed by atoms with Crippen LogP contribution in [0, 0.1) is 16.7 Å². The lowest BCUT2D eigenvalue weighted by molar-refractivity contribution is 0.146. The van der Waals surface area contributed by atoms with Gasteiger partial charge in [-0.2, -0.15) is 0 Å². The lowest BCUT2D eigenvalue weighted by atomic mass is 9.52. The van der Waals surface area contributed by atoms with Gasteiger partial charge in [-0.25, -0.2) is 0 Å². The zero-order valence-corrected chi connectivity index (χ0v) is 37.0. The third kappa shape index (κ3) is 5.36. The Morgan fingerprint density at radius 1 is 0.508 bits per heavy atom. The maximum absolute atomic E-state index is 4.18. The highest BCUT2D eigenvalue weighted by atomic mass is 15.1. The topological polar surface area (TPSA) is 21.9 Å². The van der Waals surface area contributed by atoms with Crippen molar-refractivity contribution in [3.05, 3.63) is 230 Å². The van der Waals surface area contributed by atoms with Crippen molar-refractivity contribution >= 4 is 49.3 Å². The summed E-state index contributed by atoms with van der Waals surface area (Å²) in [6, 6.07) is 58.6. The van der Waals surface area contributed by atoms with Gasteiger partial charge in [0.15, 0.2) is 0 Å². The van der Waals surface area contributed by atoms with E-state index in [-0.39, 0.29) is 11.3 Å². The third-order valence-corrected chi connectivity index (χ3v) is 15.6. The molecule has 0 amide bonds. The molecule has 3 heterocycles. The number of nitrogens with zero attached hydrogens (tertiary/aromatic N) is 2. The van der Waals surface area contributed by atoms with Crippen LogP contribution in [0.5, 0.6) is 0 Å². The molecule has 3 heteroatoms. The Bertz CT molecular complexity index is 3640. The number of fused-ring (bicyclic) bond motifs is 10. The molecule has 1 spiro atoms. The predicted molar refractivity (Wildman–Crippen MR) is 274 cm³/mol. The zero-order chi connectivity index (χ0) is 43.5. The number of allylic oxidation sites excluding steroid dienone is 11. The maximum Gasteiger partial charge on any atom is 0.0760 e. The summed E-state index contributed by atoms with van der Waals surface area (Å²) < 4.78 is 5.08. The van der Waals surface area contributed by atoms with Gasteiger partial charge in [-0.05, 0) is 108 Å². The van der Waals surface area contributed by atoms with Crippen LogP contribution >= 0.6 is 0 Å². The first kappa shape index (κ1) is 37.9. The van der Waals surface area contributed by atoms with Gasteiger partial charge < -0.3 is 14.5 Å². The van der Waals surface area contributed by atoms with Gasteiger partial charge in [-0.1, -0.05) is 177 Å². The fraction of sp³-hybridized carbons (Fsp3) is 0.129. The summed E-state index contributed by atoms with van der Waals surface area (Å²) in [5.41, 5.74) is 16.1. The number of aromatic nitrogens is 2. The van der Waals surface area contributed by atoms with E-state index in [0.29, 0.717) is 0 Å². The number of benzene rings is 7. The van der Waals surface area contributed by atoms with Crippen LogP contribution in [0.15, 0.2) is 230 Å². The van der Waals surface area contributed by atoms with Crippen LogP contribution in [0.4, 0.5) is 5.69 Å². The van der Waals surface area contributed by atoms with E-state index < -0.39 is 11.0 Å². The van der Waals surface area contributed by atoms with E-state index in [2.05, 4.69) is 254 Å². The molecule has 2 bridgehead atoms. The van der Waals surface area contributed by atoms with Crippen LogP contribution in [-0.4, -0.2) is 9.13 Å². The molecule has 4 atom stereocenters. The lowest BCUT2D eigenvalue weighted by Gasteiger charge is -2.56. The summed E-state index contributed by atoms with van der Waals surface area (Å²) in [5, 5.41) is 9.24. The smallest absolute Gasteiger partial charge is 0.0760 e. The van der Waals surface area contributed by atoms with Gasteiger partial charge in [0.05, 0.1) is 27.5 Å². The number of anilines is 1. The Hall–Kier alpha value is -7.62. The van der Waals surface area contributed by atoms with E-state index >= 15 is 0 Å². The number of para-hydroxylation sites is 2. The normalized spacial score (nSPS) is 23.0. The molecule has 9 aromatic rings. The molecule has 0 fully saturated rings. The minimum Gasteiger partial charge on any atom is -0.358 e. The Morgan fingerprint density at radius 3 is 1.97 bits per heavy atom. The van der Waals surface area contributed by atoms with Crippen molar-refractivity contribution in [2.24, 2.45) is 16.7 Å². The minimum absolute atomic E-state index is 0.0859. The van der Waals surface area contributed by atoms with Gasteiger partial charge in [0, 0.05) is 55.1 Å². The lowest BCUT2D eigenvalue weighted by Crippen LogP contribution is -2.55. The quantitative estimate of drug-likeness (QED) is 0.187. The Morgan fingerprint density at radius 2 is 1.15 bits per heavy atom.